The number of hydrogen-bond donors (Lipinski definition) is 2. The van der Waals surface area contributed by atoms with Gasteiger partial charge in [-0.1, -0.05) is 30.8 Å². The van der Waals surface area contributed by atoms with Gasteiger partial charge in [-0.05, 0) is 37.1 Å². The molecule has 19 heavy (non-hydrogen) atoms. The first-order valence-electron chi connectivity index (χ1n) is 7.03. The van der Waals surface area contributed by atoms with Gasteiger partial charge in [-0.15, -0.1) is 0 Å². The van der Waals surface area contributed by atoms with Gasteiger partial charge in [0, 0.05) is 24.3 Å². The third-order valence-corrected chi connectivity index (χ3v) is 4.05. The van der Waals surface area contributed by atoms with E-state index in [0.29, 0.717) is 6.04 Å². The topological polar surface area (TPSA) is 61.8 Å². The largest absolute Gasteiger partial charge is 0.409 e. The number of anilines is 1. The van der Waals surface area contributed by atoms with E-state index in [1.807, 2.05) is 24.3 Å². The minimum atomic E-state index is 0.156. The summed E-state index contributed by atoms with van der Waals surface area (Å²) in [7, 11) is 2.16. The Bertz CT molecular complexity index is 420. The molecular weight excluding hydrogens is 238 g/mol. The summed E-state index contributed by atoms with van der Waals surface area (Å²) in [4.78, 5) is 2.36. The minimum Gasteiger partial charge on any atom is -0.409 e. The summed E-state index contributed by atoms with van der Waals surface area (Å²) >= 11 is 0. The SMILES string of the molecule is CN(c1ccc(/C(N)=N/O)cc1)C1CCCCCC1. The highest BCUT2D eigenvalue weighted by atomic mass is 16.4. The Kier molecular flexibility index (Phi) is 4.66. The number of oxime groups is 1. The normalized spacial score (nSPS) is 18.1. The first-order valence-corrected chi connectivity index (χ1v) is 7.03. The molecule has 0 heterocycles. The van der Waals surface area contributed by atoms with E-state index in [1.54, 1.807) is 0 Å². The van der Waals surface area contributed by atoms with E-state index in [9.17, 15) is 0 Å². The molecule has 3 N–H and O–H groups in total. The summed E-state index contributed by atoms with van der Waals surface area (Å²) in [6.45, 7) is 0. The Morgan fingerprint density at radius 2 is 1.74 bits per heavy atom. The van der Waals surface area contributed by atoms with Crippen molar-refractivity contribution in [2.24, 2.45) is 10.9 Å². The molecule has 1 saturated carbocycles. The van der Waals surface area contributed by atoms with Gasteiger partial charge in [-0.2, -0.15) is 0 Å². The van der Waals surface area contributed by atoms with E-state index < -0.39 is 0 Å². The van der Waals surface area contributed by atoms with Gasteiger partial charge in [-0.3, -0.25) is 0 Å². The zero-order chi connectivity index (χ0) is 13.7. The molecule has 1 aliphatic carbocycles. The molecular formula is C15H23N3O. The third-order valence-electron chi connectivity index (χ3n) is 4.05. The highest BCUT2D eigenvalue weighted by Gasteiger charge is 2.17. The third kappa shape index (κ3) is 3.40. The Labute approximate surface area is 114 Å². The number of rotatable bonds is 3. The molecule has 0 aliphatic heterocycles. The van der Waals surface area contributed by atoms with Crippen molar-refractivity contribution in [3.8, 4) is 0 Å². The second-order valence-electron chi connectivity index (χ2n) is 5.29. The molecule has 0 aromatic heterocycles. The maximum atomic E-state index is 8.65. The molecule has 0 saturated heterocycles. The number of benzene rings is 1. The number of amidine groups is 1. The van der Waals surface area contributed by atoms with Gasteiger partial charge >= 0.3 is 0 Å². The summed E-state index contributed by atoms with van der Waals surface area (Å²) in [6, 6.07) is 8.52. The van der Waals surface area contributed by atoms with Gasteiger partial charge in [0.05, 0.1) is 0 Å². The number of hydrogen-bond acceptors (Lipinski definition) is 3. The van der Waals surface area contributed by atoms with Crippen LogP contribution in [-0.2, 0) is 0 Å². The Morgan fingerprint density at radius 1 is 1.16 bits per heavy atom. The number of nitrogens with zero attached hydrogens (tertiary/aromatic N) is 2. The van der Waals surface area contributed by atoms with Gasteiger partial charge in [0.25, 0.3) is 0 Å². The monoisotopic (exact) mass is 261 g/mol. The van der Waals surface area contributed by atoms with Crippen LogP contribution in [-0.4, -0.2) is 24.1 Å². The van der Waals surface area contributed by atoms with Crippen molar-refractivity contribution in [2.45, 2.75) is 44.6 Å². The van der Waals surface area contributed by atoms with E-state index in [4.69, 9.17) is 10.9 Å². The van der Waals surface area contributed by atoms with Crippen molar-refractivity contribution >= 4 is 11.5 Å². The fourth-order valence-electron chi connectivity index (χ4n) is 2.78. The van der Waals surface area contributed by atoms with Crippen molar-refractivity contribution in [1.29, 1.82) is 0 Å². The number of nitrogens with two attached hydrogens (primary N) is 1. The fraction of sp³-hybridized carbons (Fsp3) is 0.533. The highest BCUT2D eigenvalue weighted by Crippen LogP contribution is 2.25. The van der Waals surface area contributed by atoms with Crippen molar-refractivity contribution in [3.05, 3.63) is 29.8 Å². The smallest absolute Gasteiger partial charge is 0.170 e. The van der Waals surface area contributed by atoms with E-state index in [1.165, 1.54) is 44.2 Å². The van der Waals surface area contributed by atoms with Crippen LogP contribution >= 0.6 is 0 Å². The lowest BCUT2D eigenvalue weighted by Crippen LogP contribution is -2.31. The Hall–Kier alpha value is -1.71. The van der Waals surface area contributed by atoms with Crippen LogP contribution in [0.3, 0.4) is 0 Å². The molecule has 2 rings (SSSR count). The van der Waals surface area contributed by atoms with Crippen LogP contribution in [0.1, 0.15) is 44.1 Å². The van der Waals surface area contributed by atoms with E-state index in [0.717, 1.165) is 5.56 Å². The molecule has 0 radical (unpaired) electrons. The van der Waals surface area contributed by atoms with Crippen LogP contribution in [0.4, 0.5) is 5.69 Å². The first-order chi connectivity index (χ1) is 9.22. The highest BCUT2D eigenvalue weighted by molar-refractivity contribution is 5.97. The Morgan fingerprint density at radius 3 is 2.26 bits per heavy atom. The van der Waals surface area contributed by atoms with Crippen molar-refractivity contribution in [3.63, 3.8) is 0 Å². The molecule has 0 amide bonds. The molecule has 1 fully saturated rings. The summed E-state index contributed by atoms with van der Waals surface area (Å²) in [6.07, 6.45) is 7.95. The second-order valence-corrected chi connectivity index (χ2v) is 5.29. The van der Waals surface area contributed by atoms with Crippen molar-refractivity contribution in [1.82, 2.24) is 0 Å². The molecule has 0 spiro atoms. The molecule has 4 heteroatoms. The van der Waals surface area contributed by atoms with Gasteiger partial charge in [0.2, 0.25) is 0 Å². The van der Waals surface area contributed by atoms with Crippen LogP contribution in [0, 0.1) is 0 Å². The summed E-state index contributed by atoms with van der Waals surface area (Å²) < 4.78 is 0. The van der Waals surface area contributed by atoms with Crippen LogP contribution in [0.5, 0.6) is 0 Å². The molecule has 1 aliphatic rings. The van der Waals surface area contributed by atoms with E-state index >= 15 is 0 Å². The lowest BCUT2D eigenvalue weighted by Gasteiger charge is -2.29. The Balaban J connectivity index is 2.08. The lowest BCUT2D eigenvalue weighted by atomic mass is 10.1. The molecule has 1 aromatic carbocycles. The van der Waals surface area contributed by atoms with Crippen LogP contribution < -0.4 is 10.6 Å². The molecule has 0 bridgehead atoms. The molecule has 4 nitrogen and oxygen atoms in total. The summed E-state index contributed by atoms with van der Waals surface area (Å²) in [5.74, 6) is 0.156. The molecule has 104 valence electrons. The van der Waals surface area contributed by atoms with Crippen LogP contribution in [0.25, 0.3) is 0 Å². The quantitative estimate of drug-likeness (QED) is 0.289. The van der Waals surface area contributed by atoms with Gasteiger partial charge in [-0.25, -0.2) is 0 Å². The first kappa shape index (κ1) is 13.7. The predicted octanol–water partition coefficient (Wildman–Crippen LogP) is 2.94. The molecule has 0 atom stereocenters. The van der Waals surface area contributed by atoms with Crippen molar-refractivity contribution < 1.29 is 5.21 Å². The van der Waals surface area contributed by atoms with E-state index in [-0.39, 0.29) is 5.84 Å². The van der Waals surface area contributed by atoms with Gasteiger partial charge < -0.3 is 15.8 Å². The van der Waals surface area contributed by atoms with Crippen LogP contribution in [0.15, 0.2) is 29.4 Å². The zero-order valence-electron chi connectivity index (χ0n) is 11.5. The zero-order valence-corrected chi connectivity index (χ0v) is 11.5. The maximum Gasteiger partial charge on any atom is 0.170 e. The van der Waals surface area contributed by atoms with Gasteiger partial charge in [0.1, 0.15) is 0 Å². The molecule has 1 aromatic rings. The van der Waals surface area contributed by atoms with Crippen molar-refractivity contribution in [2.75, 3.05) is 11.9 Å². The fourth-order valence-corrected chi connectivity index (χ4v) is 2.78. The second kappa shape index (κ2) is 6.45. The minimum absolute atomic E-state index is 0.156. The van der Waals surface area contributed by atoms with E-state index in [2.05, 4.69) is 17.1 Å². The standard InChI is InChI=1S/C15H23N3O/c1-18(13-6-4-2-3-5-7-13)14-10-8-12(9-11-14)15(16)17-19/h8-11,13,19H,2-7H2,1H3,(H2,16,17). The average molecular weight is 261 g/mol. The summed E-state index contributed by atoms with van der Waals surface area (Å²) in [5, 5.41) is 11.7. The summed E-state index contributed by atoms with van der Waals surface area (Å²) in [5.41, 5.74) is 7.52. The maximum absolute atomic E-state index is 8.65. The van der Waals surface area contributed by atoms with Gasteiger partial charge in [0.15, 0.2) is 5.84 Å². The predicted molar refractivity (Wildman–Crippen MR) is 78.8 cm³/mol. The van der Waals surface area contributed by atoms with Crippen LogP contribution in [0.2, 0.25) is 0 Å². The lowest BCUT2D eigenvalue weighted by molar-refractivity contribution is 0.318. The molecule has 0 unspecified atom stereocenters. The average Bonchev–Trinajstić information content (AvgIpc) is 2.75.